The van der Waals surface area contributed by atoms with Gasteiger partial charge >= 0.3 is 7.12 Å². The Morgan fingerprint density at radius 2 is 1.05 bits per heavy atom. The van der Waals surface area contributed by atoms with Crippen molar-refractivity contribution in [3.05, 3.63) is 193 Å². The summed E-state index contributed by atoms with van der Waals surface area (Å²) in [7, 11) is -1.48. The van der Waals surface area contributed by atoms with Gasteiger partial charge in [-0.25, -0.2) is 0 Å². The van der Waals surface area contributed by atoms with Crippen LogP contribution in [0.25, 0.3) is 11.1 Å². The van der Waals surface area contributed by atoms with E-state index in [0.29, 0.717) is 22.6 Å². The lowest BCUT2D eigenvalue weighted by Gasteiger charge is -2.34. The van der Waals surface area contributed by atoms with E-state index in [1.807, 2.05) is 19.1 Å². The van der Waals surface area contributed by atoms with Gasteiger partial charge in [-0.05, 0) is 84.8 Å². The van der Waals surface area contributed by atoms with Crippen LogP contribution < -0.4 is 16.1 Å². The molecular formula is C50H56BBrCl2N4O2. The van der Waals surface area contributed by atoms with Crippen molar-refractivity contribution in [2.45, 2.75) is 51.9 Å². The van der Waals surface area contributed by atoms with E-state index in [1.54, 1.807) is 12.1 Å². The van der Waals surface area contributed by atoms with Gasteiger partial charge in [-0.1, -0.05) is 166 Å². The minimum Gasteiger partial charge on any atom is -0.423 e. The molecule has 2 aliphatic heterocycles. The van der Waals surface area contributed by atoms with E-state index in [1.165, 1.54) is 33.4 Å². The van der Waals surface area contributed by atoms with Crippen LogP contribution in [-0.4, -0.2) is 78.3 Å². The van der Waals surface area contributed by atoms with Crippen LogP contribution in [0.2, 0.25) is 10.0 Å². The topological polar surface area (TPSA) is 71.0 Å². The molecule has 2 saturated heterocycles. The molecule has 0 bridgehead atoms. The Morgan fingerprint density at radius 3 is 1.53 bits per heavy atom. The molecule has 4 N–H and O–H groups in total. The van der Waals surface area contributed by atoms with Crippen LogP contribution in [0, 0.1) is 13.8 Å². The normalized spacial score (nSPS) is 16.9. The Kier molecular flexibility index (Phi) is 17.9. The molecule has 0 saturated carbocycles. The Hall–Kier alpha value is -3.80. The second kappa shape index (κ2) is 23.4. The molecule has 6 aromatic rings. The zero-order valence-electron chi connectivity index (χ0n) is 34.6. The van der Waals surface area contributed by atoms with Gasteiger partial charge in [-0.2, -0.15) is 0 Å². The molecule has 2 heterocycles. The molecule has 312 valence electrons. The van der Waals surface area contributed by atoms with E-state index in [4.69, 9.17) is 33.2 Å². The molecule has 60 heavy (non-hydrogen) atoms. The zero-order chi connectivity index (χ0) is 42.3. The largest absolute Gasteiger partial charge is 0.489 e. The van der Waals surface area contributed by atoms with Crippen molar-refractivity contribution in [2.75, 3.05) is 39.3 Å². The molecule has 2 fully saturated rings. The molecule has 8 rings (SSSR count). The molecule has 0 amide bonds. The highest BCUT2D eigenvalue weighted by molar-refractivity contribution is 9.10. The summed E-state index contributed by atoms with van der Waals surface area (Å²) in [4.78, 5) is 5.10. The minimum atomic E-state index is -1.48. The first-order valence-corrected chi connectivity index (χ1v) is 22.3. The second-order valence-corrected chi connectivity index (χ2v) is 17.6. The van der Waals surface area contributed by atoms with E-state index >= 15 is 0 Å². The standard InChI is InChI=1S/C25H27ClN2.C18H21BrN2.C7H8BClO2/c1-19-7-12-25(26)24(15-19)22-10-8-21(9-11-22)17-28-14-13-27-23(18-28)16-20-5-3-2-4-6-20;19-17-8-6-16(7-9-17)13-21-11-10-20-18(14-21)12-15-4-2-1-3-5-15;1-5-2-3-7(9)6(4-5)8(10)11/h2-12,15,23,27H,13-14,16-18H2,1H3;1-9,18,20H,10-14H2;2-4,10-11H,1H3/t23-;18-;/m00./s1. The van der Waals surface area contributed by atoms with E-state index in [2.05, 4.69) is 165 Å². The maximum absolute atomic E-state index is 8.80. The number of halogens is 3. The molecule has 0 radical (unpaired) electrons. The molecule has 2 aliphatic rings. The van der Waals surface area contributed by atoms with Gasteiger partial charge in [0.1, 0.15) is 0 Å². The second-order valence-electron chi connectivity index (χ2n) is 15.9. The average molecular weight is 907 g/mol. The lowest BCUT2D eigenvalue weighted by Crippen LogP contribution is -2.51. The number of hydrogen-bond donors (Lipinski definition) is 4. The van der Waals surface area contributed by atoms with E-state index in [0.717, 1.165) is 85.8 Å². The summed E-state index contributed by atoms with van der Waals surface area (Å²) in [5.41, 5.74) is 10.4. The summed E-state index contributed by atoms with van der Waals surface area (Å²) in [5, 5.41) is 26.1. The number of nitrogens with one attached hydrogen (secondary N) is 2. The fourth-order valence-electron chi connectivity index (χ4n) is 7.76. The van der Waals surface area contributed by atoms with Crippen molar-refractivity contribution >= 4 is 51.7 Å². The van der Waals surface area contributed by atoms with Gasteiger partial charge in [0.15, 0.2) is 0 Å². The van der Waals surface area contributed by atoms with Crippen LogP contribution in [0.1, 0.15) is 33.4 Å². The van der Waals surface area contributed by atoms with Gasteiger partial charge in [0.05, 0.1) is 0 Å². The van der Waals surface area contributed by atoms with Crippen molar-refractivity contribution in [3.8, 4) is 11.1 Å². The van der Waals surface area contributed by atoms with Crippen LogP contribution in [-0.2, 0) is 25.9 Å². The summed E-state index contributed by atoms with van der Waals surface area (Å²) >= 11 is 15.6. The maximum atomic E-state index is 8.80. The molecule has 0 aliphatic carbocycles. The van der Waals surface area contributed by atoms with Gasteiger partial charge < -0.3 is 20.7 Å². The van der Waals surface area contributed by atoms with Crippen LogP contribution in [0.5, 0.6) is 0 Å². The number of nitrogens with zero attached hydrogens (tertiary/aromatic N) is 2. The quantitative estimate of drug-likeness (QED) is 0.103. The van der Waals surface area contributed by atoms with Crippen LogP contribution >= 0.6 is 39.1 Å². The Balaban J connectivity index is 0.000000166. The Labute approximate surface area is 375 Å². The third kappa shape index (κ3) is 14.7. The average Bonchev–Trinajstić information content (AvgIpc) is 3.25. The molecule has 6 nitrogen and oxygen atoms in total. The number of benzene rings is 6. The molecule has 2 atom stereocenters. The third-order valence-corrected chi connectivity index (χ3v) is 12.1. The van der Waals surface area contributed by atoms with Crippen molar-refractivity contribution in [1.29, 1.82) is 0 Å². The van der Waals surface area contributed by atoms with Crippen LogP contribution in [0.3, 0.4) is 0 Å². The summed E-state index contributed by atoms with van der Waals surface area (Å²) in [6, 6.07) is 51.4. The van der Waals surface area contributed by atoms with Gasteiger partial charge in [0.2, 0.25) is 0 Å². The van der Waals surface area contributed by atoms with Crippen LogP contribution in [0.4, 0.5) is 0 Å². The summed E-state index contributed by atoms with van der Waals surface area (Å²) in [5.74, 6) is 0. The Morgan fingerprint density at radius 1 is 0.583 bits per heavy atom. The van der Waals surface area contributed by atoms with E-state index in [9.17, 15) is 0 Å². The third-order valence-electron chi connectivity index (χ3n) is 10.9. The Bertz CT molecular complexity index is 2200. The van der Waals surface area contributed by atoms with Gasteiger partial charge in [-0.3, -0.25) is 9.80 Å². The summed E-state index contributed by atoms with van der Waals surface area (Å²) in [6.45, 7) is 12.5. The first kappa shape index (κ1) is 45.7. The van der Waals surface area contributed by atoms with Gasteiger partial charge in [-0.15, -0.1) is 0 Å². The molecule has 0 aromatic heterocycles. The fourth-order valence-corrected chi connectivity index (χ4v) is 8.47. The number of piperazine rings is 2. The molecule has 0 unspecified atom stereocenters. The molecule has 6 aromatic carbocycles. The van der Waals surface area contributed by atoms with E-state index < -0.39 is 7.12 Å². The predicted octanol–water partition coefficient (Wildman–Crippen LogP) is 9.13. The predicted molar refractivity (Wildman–Crippen MR) is 256 cm³/mol. The molecule has 0 spiro atoms. The van der Waals surface area contributed by atoms with Gasteiger partial charge in [0, 0.05) is 90.0 Å². The highest BCUT2D eigenvalue weighted by Gasteiger charge is 2.21. The summed E-state index contributed by atoms with van der Waals surface area (Å²) in [6.07, 6.45) is 2.19. The van der Waals surface area contributed by atoms with Gasteiger partial charge in [0.25, 0.3) is 0 Å². The highest BCUT2D eigenvalue weighted by Crippen LogP contribution is 2.29. The first-order chi connectivity index (χ1) is 29.1. The smallest absolute Gasteiger partial charge is 0.423 e. The van der Waals surface area contributed by atoms with Crippen LogP contribution in [0.15, 0.2) is 150 Å². The summed E-state index contributed by atoms with van der Waals surface area (Å²) < 4.78 is 1.15. The zero-order valence-corrected chi connectivity index (χ0v) is 37.7. The lowest BCUT2D eigenvalue weighted by molar-refractivity contribution is 0.192. The number of hydrogen-bond acceptors (Lipinski definition) is 6. The van der Waals surface area contributed by atoms with Crippen molar-refractivity contribution in [3.63, 3.8) is 0 Å². The SMILES string of the molecule is Brc1ccc(CN2CCN[C@@H](Cc3ccccc3)C2)cc1.Cc1ccc(Cl)c(-c2ccc(CN3CCN[C@@H](Cc4ccccc4)C3)cc2)c1.Cc1ccc(Cl)c(B(O)O)c1. The van der Waals surface area contributed by atoms with Crippen molar-refractivity contribution in [2.24, 2.45) is 0 Å². The highest BCUT2D eigenvalue weighted by atomic mass is 79.9. The number of rotatable bonds is 10. The monoisotopic (exact) mass is 904 g/mol. The maximum Gasteiger partial charge on any atom is 0.489 e. The number of aryl methyl sites for hydroxylation is 2. The molecule has 10 heteroatoms. The van der Waals surface area contributed by atoms with Crippen molar-refractivity contribution < 1.29 is 10.0 Å². The molecular weight excluding hydrogens is 850 g/mol. The fraction of sp³-hybridized carbons (Fsp3) is 0.280. The lowest BCUT2D eigenvalue weighted by atomic mass is 9.79. The first-order valence-electron chi connectivity index (χ1n) is 20.8. The van der Waals surface area contributed by atoms with Crippen molar-refractivity contribution in [1.82, 2.24) is 20.4 Å². The minimum absolute atomic E-state index is 0.353. The van der Waals surface area contributed by atoms with E-state index in [-0.39, 0.29) is 0 Å².